The van der Waals surface area contributed by atoms with E-state index in [0.717, 1.165) is 42.8 Å². The minimum atomic E-state index is 0.109. The number of oxazole rings is 1. The van der Waals surface area contributed by atoms with Crippen LogP contribution in [0.1, 0.15) is 24.1 Å². The minimum absolute atomic E-state index is 0.109. The van der Waals surface area contributed by atoms with Crippen molar-refractivity contribution in [2.45, 2.75) is 25.8 Å². The SMILES string of the molecule is COc1ccc2oc(N3CCCC(CC(=O)NCc4cccs4)C3)nc2c1. The number of rotatable bonds is 6. The summed E-state index contributed by atoms with van der Waals surface area (Å²) in [7, 11) is 1.64. The zero-order valence-corrected chi connectivity index (χ0v) is 16.1. The molecule has 1 N–H and O–H groups in total. The molecule has 1 aliphatic rings. The fraction of sp³-hybridized carbons (Fsp3) is 0.400. The number of piperidine rings is 1. The van der Waals surface area contributed by atoms with Crippen LogP contribution >= 0.6 is 11.3 Å². The van der Waals surface area contributed by atoms with Crippen LogP contribution < -0.4 is 15.0 Å². The van der Waals surface area contributed by atoms with Crippen molar-refractivity contribution in [1.82, 2.24) is 10.3 Å². The van der Waals surface area contributed by atoms with Crippen LogP contribution in [0.4, 0.5) is 6.01 Å². The largest absolute Gasteiger partial charge is 0.497 e. The lowest BCUT2D eigenvalue weighted by molar-refractivity contribution is -0.122. The topological polar surface area (TPSA) is 67.6 Å². The number of anilines is 1. The lowest BCUT2D eigenvalue weighted by atomic mass is 9.94. The minimum Gasteiger partial charge on any atom is -0.497 e. The van der Waals surface area contributed by atoms with Crippen LogP contribution in [0, 0.1) is 5.92 Å². The first kappa shape index (κ1) is 17.9. The number of carbonyl (C=O) groups excluding carboxylic acids is 1. The van der Waals surface area contributed by atoms with E-state index in [1.807, 2.05) is 35.7 Å². The van der Waals surface area contributed by atoms with Crippen molar-refractivity contribution in [2.75, 3.05) is 25.1 Å². The molecule has 1 fully saturated rings. The molecule has 0 radical (unpaired) electrons. The van der Waals surface area contributed by atoms with Crippen molar-refractivity contribution in [3.63, 3.8) is 0 Å². The van der Waals surface area contributed by atoms with Crippen LogP contribution in [0.25, 0.3) is 11.1 Å². The van der Waals surface area contributed by atoms with Gasteiger partial charge in [-0.05, 0) is 42.3 Å². The molecule has 6 nitrogen and oxygen atoms in total. The van der Waals surface area contributed by atoms with Crippen LogP contribution in [0.2, 0.25) is 0 Å². The van der Waals surface area contributed by atoms with Gasteiger partial charge in [-0.1, -0.05) is 6.07 Å². The molecule has 0 bridgehead atoms. The average Bonchev–Trinajstić information content (AvgIpc) is 3.35. The van der Waals surface area contributed by atoms with Gasteiger partial charge in [0, 0.05) is 30.5 Å². The van der Waals surface area contributed by atoms with Crippen molar-refractivity contribution >= 4 is 34.4 Å². The van der Waals surface area contributed by atoms with Gasteiger partial charge in [0.1, 0.15) is 11.3 Å². The van der Waals surface area contributed by atoms with Gasteiger partial charge in [0.2, 0.25) is 5.91 Å². The molecule has 142 valence electrons. The molecule has 3 aromatic rings. The summed E-state index contributed by atoms with van der Waals surface area (Å²) in [5.41, 5.74) is 1.54. The van der Waals surface area contributed by atoms with Gasteiger partial charge >= 0.3 is 0 Å². The highest BCUT2D eigenvalue weighted by Crippen LogP contribution is 2.29. The third kappa shape index (κ3) is 4.24. The number of nitrogens with zero attached hydrogens (tertiary/aromatic N) is 2. The number of fused-ring (bicyclic) bond motifs is 1. The maximum absolute atomic E-state index is 12.3. The maximum Gasteiger partial charge on any atom is 0.298 e. The number of benzene rings is 1. The van der Waals surface area contributed by atoms with Crippen molar-refractivity contribution in [2.24, 2.45) is 5.92 Å². The van der Waals surface area contributed by atoms with E-state index in [2.05, 4.69) is 15.2 Å². The third-order valence-corrected chi connectivity index (χ3v) is 5.76. The fourth-order valence-electron chi connectivity index (χ4n) is 3.50. The maximum atomic E-state index is 12.3. The normalized spacial score (nSPS) is 17.2. The van der Waals surface area contributed by atoms with E-state index in [4.69, 9.17) is 9.15 Å². The van der Waals surface area contributed by atoms with Gasteiger partial charge in [-0.15, -0.1) is 11.3 Å². The highest BCUT2D eigenvalue weighted by atomic mass is 32.1. The predicted molar refractivity (Wildman–Crippen MR) is 106 cm³/mol. The second-order valence-corrected chi connectivity index (χ2v) is 7.88. The zero-order chi connectivity index (χ0) is 18.6. The van der Waals surface area contributed by atoms with Crippen molar-refractivity contribution in [3.05, 3.63) is 40.6 Å². The molecule has 0 spiro atoms. The third-order valence-electron chi connectivity index (χ3n) is 4.89. The molecule has 1 aromatic carbocycles. The highest BCUT2D eigenvalue weighted by molar-refractivity contribution is 7.09. The molecule has 1 unspecified atom stereocenters. The summed E-state index contributed by atoms with van der Waals surface area (Å²) in [5, 5.41) is 5.05. The van der Waals surface area contributed by atoms with E-state index < -0.39 is 0 Å². The number of ether oxygens (including phenoxy) is 1. The van der Waals surface area contributed by atoms with Crippen LogP contribution in [-0.4, -0.2) is 31.1 Å². The van der Waals surface area contributed by atoms with E-state index in [1.54, 1.807) is 18.4 Å². The Morgan fingerprint density at radius 3 is 3.19 bits per heavy atom. The molecule has 0 saturated carbocycles. The Morgan fingerprint density at radius 1 is 1.44 bits per heavy atom. The molecule has 1 aliphatic heterocycles. The molecule has 2 aromatic heterocycles. The molecule has 0 aliphatic carbocycles. The van der Waals surface area contributed by atoms with Crippen LogP contribution in [-0.2, 0) is 11.3 Å². The van der Waals surface area contributed by atoms with E-state index in [0.29, 0.717) is 24.9 Å². The smallest absolute Gasteiger partial charge is 0.298 e. The Kier molecular flexibility index (Phi) is 5.29. The Balaban J connectivity index is 1.36. The zero-order valence-electron chi connectivity index (χ0n) is 15.3. The number of hydrogen-bond donors (Lipinski definition) is 1. The summed E-state index contributed by atoms with van der Waals surface area (Å²) in [5.74, 6) is 1.19. The summed E-state index contributed by atoms with van der Waals surface area (Å²) >= 11 is 1.66. The van der Waals surface area contributed by atoms with Crippen LogP contribution in [0.15, 0.2) is 40.1 Å². The number of hydrogen-bond acceptors (Lipinski definition) is 6. The molecular formula is C20H23N3O3S. The van der Waals surface area contributed by atoms with Gasteiger partial charge < -0.3 is 19.4 Å². The van der Waals surface area contributed by atoms with Gasteiger partial charge in [0.15, 0.2) is 5.58 Å². The number of aromatic nitrogens is 1. The summed E-state index contributed by atoms with van der Waals surface area (Å²) in [4.78, 5) is 20.2. The Hall–Kier alpha value is -2.54. The monoisotopic (exact) mass is 385 g/mol. The van der Waals surface area contributed by atoms with E-state index in [-0.39, 0.29) is 5.91 Å². The predicted octanol–water partition coefficient (Wildman–Crippen LogP) is 3.82. The van der Waals surface area contributed by atoms with Gasteiger partial charge in [-0.3, -0.25) is 4.79 Å². The molecule has 7 heteroatoms. The molecule has 1 atom stereocenters. The summed E-state index contributed by atoms with van der Waals surface area (Å²) in [6, 6.07) is 10.3. The van der Waals surface area contributed by atoms with E-state index in [1.165, 1.54) is 4.88 Å². The Morgan fingerprint density at radius 2 is 2.37 bits per heavy atom. The molecule has 1 saturated heterocycles. The second kappa shape index (κ2) is 8.00. The summed E-state index contributed by atoms with van der Waals surface area (Å²) in [6.07, 6.45) is 2.62. The molecule has 1 amide bonds. The standard InChI is InChI=1S/C20H23N3O3S/c1-25-15-6-7-18-17(11-15)22-20(26-18)23-8-2-4-14(13-23)10-19(24)21-12-16-5-3-9-27-16/h3,5-7,9,11,14H,2,4,8,10,12-13H2,1H3,(H,21,24). The van der Waals surface area contributed by atoms with Gasteiger partial charge in [-0.2, -0.15) is 4.98 Å². The molecule has 27 heavy (non-hydrogen) atoms. The van der Waals surface area contributed by atoms with Gasteiger partial charge in [0.25, 0.3) is 6.01 Å². The quantitative estimate of drug-likeness (QED) is 0.699. The first-order valence-corrected chi connectivity index (χ1v) is 10.1. The first-order chi connectivity index (χ1) is 13.2. The number of amides is 1. The summed E-state index contributed by atoms with van der Waals surface area (Å²) in [6.45, 7) is 2.30. The fourth-order valence-corrected chi connectivity index (χ4v) is 4.14. The van der Waals surface area contributed by atoms with Gasteiger partial charge in [0.05, 0.1) is 13.7 Å². The van der Waals surface area contributed by atoms with Crippen molar-refractivity contribution in [1.29, 1.82) is 0 Å². The molecule has 4 rings (SSSR count). The number of carbonyl (C=O) groups is 1. The molecule has 3 heterocycles. The number of nitrogens with one attached hydrogen (secondary N) is 1. The van der Waals surface area contributed by atoms with Crippen molar-refractivity contribution in [3.8, 4) is 5.75 Å². The lowest BCUT2D eigenvalue weighted by Crippen LogP contribution is -2.38. The molecular weight excluding hydrogens is 362 g/mol. The van der Waals surface area contributed by atoms with Crippen molar-refractivity contribution < 1.29 is 13.9 Å². The van der Waals surface area contributed by atoms with E-state index in [9.17, 15) is 4.79 Å². The number of methoxy groups -OCH3 is 1. The Bertz CT molecular complexity index is 906. The highest BCUT2D eigenvalue weighted by Gasteiger charge is 2.25. The van der Waals surface area contributed by atoms with E-state index >= 15 is 0 Å². The second-order valence-electron chi connectivity index (χ2n) is 6.84. The van der Waals surface area contributed by atoms with Crippen LogP contribution in [0.5, 0.6) is 5.75 Å². The average molecular weight is 385 g/mol. The first-order valence-electron chi connectivity index (χ1n) is 9.20. The summed E-state index contributed by atoms with van der Waals surface area (Å²) < 4.78 is 11.2. The van der Waals surface area contributed by atoms with Gasteiger partial charge in [-0.25, -0.2) is 0 Å². The lowest BCUT2D eigenvalue weighted by Gasteiger charge is -2.31. The number of thiophene rings is 1. The Labute approximate surface area is 162 Å². The van der Waals surface area contributed by atoms with Crippen LogP contribution in [0.3, 0.4) is 0 Å².